The van der Waals surface area contributed by atoms with Gasteiger partial charge in [0.15, 0.2) is 0 Å². The van der Waals surface area contributed by atoms with Crippen LogP contribution in [0.3, 0.4) is 0 Å². The van der Waals surface area contributed by atoms with Crippen LogP contribution in [0.2, 0.25) is 0 Å². The van der Waals surface area contributed by atoms with Gasteiger partial charge in [-0.25, -0.2) is 0 Å². The van der Waals surface area contributed by atoms with Gasteiger partial charge >= 0.3 is 175 Å². The molecule has 4 aromatic carbocycles. The van der Waals surface area contributed by atoms with Crippen molar-refractivity contribution in [2.75, 3.05) is 0 Å². The Kier molecular flexibility index (Phi) is 5.55. The predicted molar refractivity (Wildman–Crippen MR) is 118 cm³/mol. The number of hydrogen-bond donors (Lipinski definition) is 0. The molecular formula is C26H20Sn. The summed E-state index contributed by atoms with van der Waals surface area (Å²) in [5.74, 6) is 0. The van der Waals surface area contributed by atoms with Gasteiger partial charge in [-0.3, -0.25) is 0 Å². The molecule has 0 aliphatic rings. The molecule has 0 amide bonds. The Labute approximate surface area is 174 Å². The molecule has 4 rings (SSSR count). The van der Waals surface area contributed by atoms with Crippen molar-refractivity contribution in [3.63, 3.8) is 0 Å². The van der Waals surface area contributed by atoms with E-state index in [0.29, 0.717) is 0 Å². The zero-order valence-corrected chi connectivity index (χ0v) is 18.3. The van der Waals surface area contributed by atoms with E-state index in [1.54, 1.807) is 0 Å². The number of hydrogen-bond acceptors (Lipinski definition) is 0. The summed E-state index contributed by atoms with van der Waals surface area (Å²) in [7, 11) is 0. The van der Waals surface area contributed by atoms with E-state index in [2.05, 4.69) is 115 Å². The Morgan fingerprint density at radius 1 is 0.370 bits per heavy atom. The molecular weight excluding hydrogens is 431 g/mol. The molecule has 4 aromatic rings. The third kappa shape index (κ3) is 4.06. The zero-order chi connectivity index (χ0) is 18.5. The minimum atomic E-state index is 1.14. The molecule has 0 unspecified atom stereocenters. The summed E-state index contributed by atoms with van der Waals surface area (Å²) in [6.45, 7) is 0. The summed E-state index contributed by atoms with van der Waals surface area (Å²) in [6.07, 6.45) is 0. The van der Waals surface area contributed by atoms with E-state index in [-0.39, 0.29) is 0 Å². The van der Waals surface area contributed by atoms with Crippen molar-refractivity contribution >= 4 is 37.3 Å². The molecule has 0 fully saturated rings. The Bertz CT molecular complexity index is 990. The molecule has 0 saturated heterocycles. The first kappa shape index (κ1) is 17.8. The monoisotopic (exact) mass is 452 g/mol. The maximum atomic E-state index is 2.26. The van der Waals surface area contributed by atoms with Crippen LogP contribution in [-0.4, -0.2) is 22.5 Å². The average Bonchev–Trinajstić information content (AvgIpc) is 2.75. The second-order valence-electron chi connectivity index (χ2n) is 6.47. The van der Waals surface area contributed by atoms with Crippen LogP contribution in [-0.2, 0) is 0 Å². The molecule has 1 heteroatoms. The van der Waals surface area contributed by atoms with Crippen molar-refractivity contribution in [3.8, 4) is 0 Å². The standard InChI is InChI=1S/C26H19.Sn.H/c1-5-13-21(14-6-1)25(22-15-7-2-8-16-22)26(23-17-9-3-10-18-23)24-19-11-4-12-20-24;;/h1-3,5-20H;;. The van der Waals surface area contributed by atoms with Crippen LogP contribution < -0.4 is 3.58 Å². The van der Waals surface area contributed by atoms with E-state index >= 15 is 0 Å². The second kappa shape index (κ2) is 8.41. The molecule has 0 aromatic heterocycles. The van der Waals surface area contributed by atoms with E-state index in [0.717, 1.165) is 22.5 Å². The van der Waals surface area contributed by atoms with Crippen molar-refractivity contribution in [1.82, 2.24) is 0 Å². The van der Waals surface area contributed by atoms with Gasteiger partial charge in [-0.15, -0.1) is 0 Å². The Hall–Kier alpha value is -2.58. The Balaban J connectivity index is 2.08. The quantitative estimate of drug-likeness (QED) is 0.295. The van der Waals surface area contributed by atoms with E-state index < -0.39 is 0 Å². The van der Waals surface area contributed by atoms with Crippen LogP contribution in [0.5, 0.6) is 0 Å². The Morgan fingerprint density at radius 2 is 0.667 bits per heavy atom. The molecule has 0 aliphatic heterocycles. The molecule has 128 valence electrons. The maximum absolute atomic E-state index is 2.26. The first-order valence-electron chi connectivity index (χ1n) is 9.09. The first-order valence-corrected chi connectivity index (χ1v) is 10.7. The average molecular weight is 451 g/mol. The van der Waals surface area contributed by atoms with Gasteiger partial charge < -0.3 is 0 Å². The van der Waals surface area contributed by atoms with Gasteiger partial charge in [-0.2, -0.15) is 0 Å². The summed E-state index contributed by atoms with van der Waals surface area (Å²) in [6, 6.07) is 41.1. The third-order valence-corrected chi connectivity index (χ3v) is 5.74. The van der Waals surface area contributed by atoms with Gasteiger partial charge in [0.1, 0.15) is 0 Å². The summed E-state index contributed by atoms with van der Waals surface area (Å²) in [5.41, 5.74) is 7.49. The zero-order valence-electron chi connectivity index (χ0n) is 15.0. The minimum absolute atomic E-state index is 1.14. The fourth-order valence-electron chi connectivity index (χ4n) is 3.37. The number of benzene rings is 4. The first-order chi connectivity index (χ1) is 13.3. The topological polar surface area (TPSA) is 0 Å². The van der Waals surface area contributed by atoms with Gasteiger partial charge in [0, 0.05) is 0 Å². The fraction of sp³-hybridized carbons (Fsp3) is 0. The SMILES string of the molecule is [SnH][c]1ccc(C(=C(c2ccccc2)c2ccccc2)c2ccccc2)cc1. The van der Waals surface area contributed by atoms with E-state index in [9.17, 15) is 0 Å². The van der Waals surface area contributed by atoms with Gasteiger partial charge in [0.05, 0.1) is 0 Å². The molecule has 2 radical (unpaired) electrons. The van der Waals surface area contributed by atoms with Crippen LogP contribution in [0.4, 0.5) is 0 Å². The molecule has 0 nitrogen and oxygen atoms in total. The molecule has 27 heavy (non-hydrogen) atoms. The summed E-state index contributed by atoms with van der Waals surface area (Å²) >= 11 is 1.14. The van der Waals surface area contributed by atoms with Crippen molar-refractivity contribution < 1.29 is 0 Å². The summed E-state index contributed by atoms with van der Waals surface area (Å²) < 4.78 is 1.40. The van der Waals surface area contributed by atoms with E-state index in [4.69, 9.17) is 0 Å². The fourth-order valence-corrected chi connectivity index (χ4v) is 3.92. The molecule has 0 heterocycles. The number of rotatable bonds is 4. The molecule has 0 saturated carbocycles. The van der Waals surface area contributed by atoms with Crippen molar-refractivity contribution in [1.29, 1.82) is 0 Å². The third-order valence-electron chi connectivity index (χ3n) is 4.64. The second-order valence-corrected chi connectivity index (χ2v) is 8.37. The molecule has 0 bridgehead atoms. The van der Waals surface area contributed by atoms with Crippen LogP contribution in [0, 0.1) is 0 Å². The van der Waals surface area contributed by atoms with Gasteiger partial charge in [-0.1, -0.05) is 0 Å². The van der Waals surface area contributed by atoms with Gasteiger partial charge in [-0.05, 0) is 0 Å². The molecule has 0 N–H and O–H groups in total. The van der Waals surface area contributed by atoms with Crippen molar-refractivity contribution in [2.24, 2.45) is 0 Å². The van der Waals surface area contributed by atoms with Crippen molar-refractivity contribution in [3.05, 3.63) is 138 Å². The summed E-state index contributed by atoms with van der Waals surface area (Å²) in [4.78, 5) is 0. The molecule has 0 atom stereocenters. The van der Waals surface area contributed by atoms with Gasteiger partial charge in [0.2, 0.25) is 0 Å². The molecule has 0 aliphatic carbocycles. The van der Waals surface area contributed by atoms with E-state index in [1.807, 2.05) is 0 Å². The van der Waals surface area contributed by atoms with Gasteiger partial charge in [0.25, 0.3) is 0 Å². The van der Waals surface area contributed by atoms with Crippen molar-refractivity contribution in [2.45, 2.75) is 0 Å². The molecule has 0 spiro atoms. The predicted octanol–water partition coefficient (Wildman–Crippen LogP) is 5.22. The summed E-state index contributed by atoms with van der Waals surface area (Å²) in [5, 5.41) is 0. The van der Waals surface area contributed by atoms with Crippen LogP contribution in [0.25, 0.3) is 11.1 Å². The van der Waals surface area contributed by atoms with Crippen LogP contribution >= 0.6 is 0 Å². The normalized spacial score (nSPS) is 10.4. The Morgan fingerprint density at radius 3 is 1.00 bits per heavy atom. The van der Waals surface area contributed by atoms with E-state index in [1.165, 1.54) is 37.0 Å². The van der Waals surface area contributed by atoms with Crippen LogP contribution in [0.1, 0.15) is 22.3 Å². The van der Waals surface area contributed by atoms with Crippen LogP contribution in [0.15, 0.2) is 115 Å².